The molecule has 0 fully saturated rings. The highest BCUT2D eigenvalue weighted by Crippen LogP contribution is 2.26. The molecule has 30 heavy (non-hydrogen) atoms. The molecule has 0 aliphatic rings. The van der Waals surface area contributed by atoms with Gasteiger partial charge in [0.2, 0.25) is 16.6 Å². The molecule has 2 nitrogen and oxygen atoms in total. The highest BCUT2D eigenvalue weighted by Gasteiger charge is 2.38. The molecule has 0 atom stereocenters. The summed E-state index contributed by atoms with van der Waals surface area (Å²) in [6.45, 7) is 15.2. The summed E-state index contributed by atoms with van der Waals surface area (Å²) in [4.78, 5) is 0. The maximum atomic E-state index is 6.64. The van der Waals surface area contributed by atoms with Crippen LogP contribution < -0.4 is 10.4 Å². The molecule has 0 N–H and O–H groups in total. The van der Waals surface area contributed by atoms with Crippen LogP contribution in [0.15, 0.2) is 24.3 Å². The predicted molar refractivity (Wildman–Crippen MR) is 139 cm³/mol. The van der Waals surface area contributed by atoms with Gasteiger partial charge in [0, 0.05) is 13.2 Å². The Bertz CT molecular complexity index is 479. The van der Waals surface area contributed by atoms with Gasteiger partial charge in [-0.1, -0.05) is 103 Å². The first-order valence-corrected chi connectivity index (χ1v) is 17.6. The van der Waals surface area contributed by atoms with E-state index in [-0.39, 0.29) is 0 Å². The molecular weight excluding hydrogens is 400 g/mol. The molecule has 0 unspecified atom stereocenters. The highest BCUT2D eigenvalue weighted by molar-refractivity contribution is 6.88. The second-order valence-electron chi connectivity index (χ2n) is 8.85. The molecule has 0 saturated heterocycles. The normalized spacial score (nSPS) is 12.5. The van der Waals surface area contributed by atoms with E-state index in [0.29, 0.717) is 0 Å². The number of hydrogen-bond acceptors (Lipinski definition) is 2. The van der Waals surface area contributed by atoms with Gasteiger partial charge in [-0.2, -0.15) is 0 Å². The third-order valence-electron chi connectivity index (χ3n) is 6.52. The fourth-order valence-electron chi connectivity index (χ4n) is 4.76. The molecule has 0 amide bonds. The lowest BCUT2D eigenvalue weighted by Crippen LogP contribution is -2.54. The zero-order valence-electron chi connectivity index (χ0n) is 21.0. The zero-order valence-corrected chi connectivity index (χ0v) is 23.0. The Labute approximate surface area is 190 Å². The van der Waals surface area contributed by atoms with Crippen molar-refractivity contribution in [2.45, 2.75) is 117 Å². The number of unbranched alkanes of at least 4 members (excludes halogenated alkanes) is 4. The fourth-order valence-corrected chi connectivity index (χ4v) is 13.7. The van der Waals surface area contributed by atoms with Gasteiger partial charge >= 0.3 is 0 Å². The maximum Gasteiger partial charge on any atom is 0.224 e. The molecule has 4 heteroatoms. The molecule has 174 valence electrons. The van der Waals surface area contributed by atoms with Gasteiger partial charge in [-0.25, -0.2) is 0 Å². The lowest BCUT2D eigenvalue weighted by atomic mass is 10.3. The summed E-state index contributed by atoms with van der Waals surface area (Å²) in [5.74, 6) is 0. The first kappa shape index (κ1) is 27.6. The van der Waals surface area contributed by atoms with Gasteiger partial charge in [-0.3, -0.25) is 0 Å². The molecule has 0 aromatic heterocycles. The van der Waals surface area contributed by atoms with Crippen molar-refractivity contribution in [3.8, 4) is 0 Å². The van der Waals surface area contributed by atoms with Crippen LogP contribution in [0.2, 0.25) is 24.2 Å². The van der Waals surface area contributed by atoms with Crippen LogP contribution in [-0.4, -0.2) is 29.8 Å². The summed E-state index contributed by atoms with van der Waals surface area (Å²) in [7, 11) is -3.78. The molecule has 0 heterocycles. The largest absolute Gasteiger partial charge is 0.413 e. The van der Waals surface area contributed by atoms with Crippen LogP contribution >= 0.6 is 0 Å². The van der Waals surface area contributed by atoms with Crippen LogP contribution in [0.25, 0.3) is 0 Å². The molecule has 1 aromatic carbocycles. The third-order valence-corrected chi connectivity index (χ3v) is 15.6. The van der Waals surface area contributed by atoms with Gasteiger partial charge < -0.3 is 8.85 Å². The number of hydrogen-bond donors (Lipinski definition) is 0. The summed E-state index contributed by atoms with van der Waals surface area (Å²) >= 11 is 0. The second-order valence-corrected chi connectivity index (χ2v) is 16.6. The average molecular weight is 451 g/mol. The maximum absolute atomic E-state index is 6.64. The summed E-state index contributed by atoms with van der Waals surface area (Å²) in [5.41, 5.74) is 0. The van der Waals surface area contributed by atoms with E-state index in [4.69, 9.17) is 8.85 Å². The SMILES string of the molecule is CCCC[Si](CCCC)(OCC)c1ccc([Si](CCCC)(CCCC)OCC)cc1. The minimum absolute atomic E-state index is 0.839. The molecule has 0 radical (unpaired) electrons. The summed E-state index contributed by atoms with van der Waals surface area (Å²) in [6.07, 6.45) is 10.1. The third kappa shape index (κ3) is 7.92. The van der Waals surface area contributed by atoms with E-state index in [1.165, 1.54) is 85.9 Å². The fraction of sp³-hybridized carbons (Fsp3) is 0.769. The highest BCUT2D eigenvalue weighted by atomic mass is 28.4. The molecule has 0 aliphatic carbocycles. The Morgan fingerprint density at radius 1 is 0.500 bits per heavy atom. The van der Waals surface area contributed by atoms with Gasteiger partial charge in [-0.05, 0) is 48.4 Å². The first-order valence-electron chi connectivity index (χ1n) is 13.0. The molecule has 1 aromatic rings. The zero-order chi connectivity index (χ0) is 22.3. The lowest BCUT2D eigenvalue weighted by molar-refractivity contribution is 0.325. The van der Waals surface area contributed by atoms with Crippen molar-refractivity contribution in [3.05, 3.63) is 24.3 Å². The van der Waals surface area contributed by atoms with Gasteiger partial charge in [0.25, 0.3) is 0 Å². The molecule has 0 aliphatic heterocycles. The quantitative estimate of drug-likeness (QED) is 0.219. The summed E-state index contributed by atoms with van der Waals surface area (Å²) < 4.78 is 13.3. The minimum atomic E-state index is -1.89. The predicted octanol–water partition coefficient (Wildman–Crippen LogP) is 7.27. The molecule has 1 rings (SSSR count). The van der Waals surface area contributed by atoms with Crippen LogP contribution in [0.5, 0.6) is 0 Å². The topological polar surface area (TPSA) is 18.5 Å². The van der Waals surface area contributed by atoms with E-state index in [0.717, 1.165) is 13.2 Å². The Hall–Kier alpha value is -0.426. The molecule has 0 spiro atoms. The minimum Gasteiger partial charge on any atom is -0.413 e. The van der Waals surface area contributed by atoms with Crippen molar-refractivity contribution in [1.29, 1.82) is 0 Å². The number of benzene rings is 1. The summed E-state index contributed by atoms with van der Waals surface area (Å²) in [5, 5.41) is 3.03. The average Bonchev–Trinajstić information content (AvgIpc) is 2.78. The van der Waals surface area contributed by atoms with Crippen LogP contribution in [0.4, 0.5) is 0 Å². The summed E-state index contributed by atoms with van der Waals surface area (Å²) in [6, 6.07) is 14.8. The van der Waals surface area contributed by atoms with Crippen molar-refractivity contribution in [2.75, 3.05) is 13.2 Å². The Morgan fingerprint density at radius 3 is 0.967 bits per heavy atom. The standard InChI is InChI=1S/C26H50O2Si2/c1-7-13-21-29(27-11-5,22-14-8-2)25-17-19-26(20-18-25)30(28-12-6,23-15-9-3)24-16-10-4/h17-20H,7-16,21-24H2,1-6H3. The first-order chi connectivity index (χ1) is 14.6. The molecule has 0 bridgehead atoms. The van der Waals surface area contributed by atoms with Crippen LogP contribution in [0.3, 0.4) is 0 Å². The smallest absolute Gasteiger partial charge is 0.224 e. The van der Waals surface area contributed by atoms with Crippen LogP contribution in [0.1, 0.15) is 92.9 Å². The Kier molecular flexibility index (Phi) is 14.2. The van der Waals surface area contributed by atoms with Crippen LogP contribution in [-0.2, 0) is 8.85 Å². The van der Waals surface area contributed by atoms with E-state index < -0.39 is 16.6 Å². The van der Waals surface area contributed by atoms with E-state index in [2.05, 4.69) is 65.8 Å². The van der Waals surface area contributed by atoms with Crippen molar-refractivity contribution < 1.29 is 8.85 Å². The van der Waals surface area contributed by atoms with Crippen molar-refractivity contribution >= 4 is 27.0 Å². The van der Waals surface area contributed by atoms with Gasteiger partial charge in [0.15, 0.2) is 0 Å². The van der Waals surface area contributed by atoms with E-state index in [1.807, 2.05) is 0 Å². The van der Waals surface area contributed by atoms with Gasteiger partial charge in [0.1, 0.15) is 0 Å². The van der Waals surface area contributed by atoms with E-state index in [9.17, 15) is 0 Å². The lowest BCUT2D eigenvalue weighted by Gasteiger charge is -2.34. The second kappa shape index (κ2) is 15.4. The molecule has 0 saturated carbocycles. The van der Waals surface area contributed by atoms with Gasteiger partial charge in [0.05, 0.1) is 0 Å². The van der Waals surface area contributed by atoms with E-state index in [1.54, 1.807) is 0 Å². The Balaban J connectivity index is 3.30. The van der Waals surface area contributed by atoms with Crippen molar-refractivity contribution in [1.82, 2.24) is 0 Å². The van der Waals surface area contributed by atoms with Crippen molar-refractivity contribution in [2.24, 2.45) is 0 Å². The molecular formula is C26H50O2Si2. The monoisotopic (exact) mass is 450 g/mol. The Morgan fingerprint density at radius 2 is 0.767 bits per heavy atom. The number of rotatable bonds is 18. The van der Waals surface area contributed by atoms with Crippen molar-refractivity contribution in [3.63, 3.8) is 0 Å². The van der Waals surface area contributed by atoms with Crippen LogP contribution in [0, 0.1) is 0 Å². The van der Waals surface area contributed by atoms with E-state index >= 15 is 0 Å². The van der Waals surface area contributed by atoms with Gasteiger partial charge in [-0.15, -0.1) is 0 Å².